The van der Waals surface area contributed by atoms with E-state index in [2.05, 4.69) is 20.4 Å². The van der Waals surface area contributed by atoms with Gasteiger partial charge in [-0.3, -0.25) is 4.79 Å². The number of anilines is 1. The molecular formula is C28H27N5O4. The topological polar surface area (TPSA) is 104 Å². The summed E-state index contributed by atoms with van der Waals surface area (Å²) < 4.78 is 18.9. The van der Waals surface area contributed by atoms with Gasteiger partial charge in [-0.15, -0.1) is 0 Å². The molecule has 0 aliphatic heterocycles. The Hall–Kier alpha value is -4.66. The fourth-order valence-corrected chi connectivity index (χ4v) is 3.78. The molecule has 9 nitrogen and oxygen atoms in total. The fraction of sp³-hybridized carbons (Fsp3) is 0.214. The number of aromatic nitrogens is 4. The largest absolute Gasteiger partial charge is 0.493 e. The van der Waals surface area contributed by atoms with Crippen LogP contribution in [0, 0.1) is 0 Å². The summed E-state index contributed by atoms with van der Waals surface area (Å²) in [5, 5.41) is 7.02. The van der Waals surface area contributed by atoms with Crippen LogP contribution in [0.1, 0.15) is 42.6 Å². The van der Waals surface area contributed by atoms with Crippen LogP contribution in [-0.2, 0) is 12.0 Å². The van der Waals surface area contributed by atoms with Gasteiger partial charge < -0.3 is 23.7 Å². The van der Waals surface area contributed by atoms with E-state index in [0.29, 0.717) is 40.0 Å². The number of methoxy groups -OCH3 is 1. The number of benzene rings is 2. The minimum atomic E-state index is -0.317. The molecule has 1 N–H and O–H groups in total. The van der Waals surface area contributed by atoms with E-state index >= 15 is 0 Å². The van der Waals surface area contributed by atoms with Crippen molar-refractivity contribution < 1.29 is 18.8 Å². The Bertz CT molecular complexity index is 1530. The van der Waals surface area contributed by atoms with E-state index < -0.39 is 0 Å². The molecule has 188 valence electrons. The number of rotatable bonds is 7. The molecule has 0 atom stereocenters. The Kier molecular flexibility index (Phi) is 6.35. The zero-order chi connectivity index (χ0) is 26.0. The SMILES string of the molecule is COc1ccc(NC(=O)c2ccccc2-c2nc(C(C)(C)C)no2)cc1OCc1cn2ccccc2n1. The van der Waals surface area contributed by atoms with E-state index in [1.165, 1.54) is 0 Å². The normalized spacial score (nSPS) is 11.5. The zero-order valence-electron chi connectivity index (χ0n) is 21.1. The number of nitrogens with zero attached hydrogens (tertiary/aromatic N) is 4. The number of nitrogens with one attached hydrogen (secondary N) is 1. The van der Waals surface area contributed by atoms with Crippen LogP contribution in [-0.4, -0.2) is 32.5 Å². The highest BCUT2D eigenvalue weighted by Crippen LogP contribution is 2.32. The van der Waals surface area contributed by atoms with E-state index in [0.717, 1.165) is 11.3 Å². The standard InChI is InChI=1S/C28H27N5O4/c1-28(2,3)27-31-26(37-32-27)21-10-6-5-9-20(21)25(34)30-18-12-13-22(35-4)23(15-18)36-17-19-16-33-14-8-7-11-24(33)29-19/h5-16H,17H2,1-4H3,(H,30,34). The van der Waals surface area contributed by atoms with Crippen molar-refractivity contribution in [2.45, 2.75) is 32.8 Å². The highest BCUT2D eigenvalue weighted by molar-refractivity contribution is 6.08. The average Bonchev–Trinajstić information content (AvgIpc) is 3.55. The van der Waals surface area contributed by atoms with Gasteiger partial charge in [-0.05, 0) is 36.4 Å². The van der Waals surface area contributed by atoms with Crippen LogP contribution in [0.15, 0.2) is 77.6 Å². The molecule has 0 aliphatic carbocycles. The van der Waals surface area contributed by atoms with Crippen molar-refractivity contribution in [3.8, 4) is 23.0 Å². The van der Waals surface area contributed by atoms with Gasteiger partial charge in [0.15, 0.2) is 17.3 Å². The van der Waals surface area contributed by atoms with Gasteiger partial charge in [-0.2, -0.15) is 4.98 Å². The highest BCUT2D eigenvalue weighted by atomic mass is 16.5. The molecule has 0 spiro atoms. The van der Waals surface area contributed by atoms with E-state index in [9.17, 15) is 4.79 Å². The zero-order valence-corrected chi connectivity index (χ0v) is 21.1. The third-order valence-electron chi connectivity index (χ3n) is 5.71. The Balaban J connectivity index is 1.36. The van der Waals surface area contributed by atoms with Crippen LogP contribution in [0.4, 0.5) is 5.69 Å². The van der Waals surface area contributed by atoms with Crippen LogP contribution in [0.2, 0.25) is 0 Å². The van der Waals surface area contributed by atoms with Crippen molar-refractivity contribution in [1.82, 2.24) is 19.5 Å². The molecule has 5 rings (SSSR count). The number of carbonyl (C=O) groups excluding carboxylic acids is 1. The Morgan fingerprint density at radius 1 is 1.03 bits per heavy atom. The molecule has 5 aromatic rings. The minimum absolute atomic E-state index is 0.242. The number of pyridine rings is 1. The first-order chi connectivity index (χ1) is 17.8. The van der Waals surface area contributed by atoms with Gasteiger partial charge >= 0.3 is 0 Å². The van der Waals surface area contributed by atoms with Gasteiger partial charge in [0.25, 0.3) is 11.8 Å². The number of imidazole rings is 1. The third-order valence-corrected chi connectivity index (χ3v) is 5.71. The first-order valence-corrected chi connectivity index (χ1v) is 11.8. The second-order valence-electron chi connectivity index (χ2n) is 9.53. The Labute approximate surface area is 214 Å². The summed E-state index contributed by atoms with van der Waals surface area (Å²) in [6.07, 6.45) is 3.84. The lowest BCUT2D eigenvalue weighted by atomic mass is 9.96. The molecule has 3 heterocycles. The van der Waals surface area contributed by atoms with Crippen LogP contribution >= 0.6 is 0 Å². The molecule has 0 aliphatic rings. The number of ether oxygens (including phenoxy) is 2. The lowest BCUT2D eigenvalue weighted by Crippen LogP contribution is -2.14. The fourth-order valence-electron chi connectivity index (χ4n) is 3.78. The molecule has 9 heteroatoms. The van der Waals surface area contributed by atoms with E-state index in [1.807, 2.05) is 61.8 Å². The maximum Gasteiger partial charge on any atom is 0.258 e. The molecule has 37 heavy (non-hydrogen) atoms. The number of fused-ring (bicyclic) bond motifs is 1. The van der Waals surface area contributed by atoms with Crippen molar-refractivity contribution >= 4 is 17.2 Å². The second kappa shape index (κ2) is 9.77. The predicted octanol–water partition coefficient (Wildman–Crippen LogP) is 5.52. The van der Waals surface area contributed by atoms with Crippen molar-refractivity contribution in [2.24, 2.45) is 0 Å². The van der Waals surface area contributed by atoms with Gasteiger partial charge in [0.2, 0.25) is 0 Å². The molecule has 3 aromatic heterocycles. The van der Waals surface area contributed by atoms with E-state index in [1.54, 1.807) is 43.5 Å². The summed E-state index contributed by atoms with van der Waals surface area (Å²) in [6.45, 7) is 6.24. The monoisotopic (exact) mass is 497 g/mol. The summed E-state index contributed by atoms with van der Waals surface area (Å²) in [4.78, 5) is 22.3. The highest BCUT2D eigenvalue weighted by Gasteiger charge is 2.24. The summed E-state index contributed by atoms with van der Waals surface area (Å²) in [7, 11) is 1.57. The number of hydrogen-bond donors (Lipinski definition) is 1. The van der Waals surface area contributed by atoms with Gasteiger partial charge in [-0.1, -0.05) is 44.1 Å². The van der Waals surface area contributed by atoms with Crippen LogP contribution in [0.5, 0.6) is 11.5 Å². The Morgan fingerprint density at radius 3 is 2.59 bits per heavy atom. The number of carbonyl (C=O) groups is 1. The van der Waals surface area contributed by atoms with Crippen molar-refractivity contribution in [1.29, 1.82) is 0 Å². The van der Waals surface area contributed by atoms with Gasteiger partial charge in [-0.25, -0.2) is 4.98 Å². The predicted molar refractivity (Wildman–Crippen MR) is 139 cm³/mol. The average molecular weight is 498 g/mol. The first-order valence-electron chi connectivity index (χ1n) is 11.8. The molecular weight excluding hydrogens is 470 g/mol. The lowest BCUT2D eigenvalue weighted by molar-refractivity contribution is 0.102. The van der Waals surface area contributed by atoms with E-state index in [-0.39, 0.29) is 17.9 Å². The summed E-state index contributed by atoms with van der Waals surface area (Å²) >= 11 is 0. The lowest BCUT2D eigenvalue weighted by Gasteiger charge is -2.13. The summed E-state index contributed by atoms with van der Waals surface area (Å²) in [5.74, 6) is 1.57. The maximum absolute atomic E-state index is 13.3. The molecule has 0 radical (unpaired) electrons. The van der Waals surface area contributed by atoms with Crippen molar-refractivity contribution in [3.05, 3.63) is 90.1 Å². The smallest absolute Gasteiger partial charge is 0.258 e. The molecule has 2 aromatic carbocycles. The number of amides is 1. The maximum atomic E-state index is 13.3. The molecule has 0 saturated carbocycles. The molecule has 0 saturated heterocycles. The Morgan fingerprint density at radius 2 is 1.84 bits per heavy atom. The van der Waals surface area contributed by atoms with Gasteiger partial charge in [0.1, 0.15) is 12.3 Å². The minimum Gasteiger partial charge on any atom is -0.493 e. The molecule has 1 amide bonds. The first kappa shape index (κ1) is 24.1. The van der Waals surface area contributed by atoms with Crippen molar-refractivity contribution in [2.75, 3.05) is 12.4 Å². The van der Waals surface area contributed by atoms with Crippen LogP contribution < -0.4 is 14.8 Å². The molecule has 0 fully saturated rings. The van der Waals surface area contributed by atoms with E-state index in [4.69, 9.17) is 14.0 Å². The van der Waals surface area contributed by atoms with Gasteiger partial charge in [0.05, 0.1) is 23.9 Å². The number of hydrogen-bond acceptors (Lipinski definition) is 7. The summed E-state index contributed by atoms with van der Waals surface area (Å²) in [6, 6.07) is 18.1. The second-order valence-corrected chi connectivity index (χ2v) is 9.53. The quantitative estimate of drug-likeness (QED) is 0.316. The molecule has 0 unspecified atom stereocenters. The van der Waals surface area contributed by atoms with Gasteiger partial charge in [0, 0.05) is 29.6 Å². The van der Waals surface area contributed by atoms with Crippen LogP contribution in [0.25, 0.3) is 17.1 Å². The molecule has 0 bridgehead atoms. The third kappa shape index (κ3) is 5.16. The van der Waals surface area contributed by atoms with Crippen molar-refractivity contribution in [3.63, 3.8) is 0 Å². The summed E-state index contributed by atoms with van der Waals surface area (Å²) in [5.41, 5.74) is 2.84. The van der Waals surface area contributed by atoms with Crippen LogP contribution in [0.3, 0.4) is 0 Å².